The standard InChI is InChI=1S/C17H38N.ClH.H3P/c1-5-6-7-8-9-10-11-12-13-14-15-16-17-18(2,3)4;;/h5-17H2,1-4H3;1H;1H3/q+1;;/p-1. The maximum absolute atomic E-state index is 2.29. The van der Waals surface area contributed by atoms with Crippen molar-refractivity contribution in [3.8, 4) is 0 Å². The van der Waals surface area contributed by atoms with Crippen molar-refractivity contribution in [2.45, 2.75) is 84.0 Å². The lowest BCUT2D eigenvalue weighted by Gasteiger charge is -2.23. The highest BCUT2D eigenvalue weighted by Crippen LogP contribution is 2.12. The highest BCUT2D eigenvalue weighted by molar-refractivity contribution is 6.92. The smallest absolute Gasteiger partial charge is 0.0780 e. The Kier molecular flexibility index (Phi) is 22.7. The van der Waals surface area contributed by atoms with Gasteiger partial charge in [0, 0.05) is 0 Å². The van der Waals surface area contributed by atoms with E-state index in [9.17, 15) is 0 Å². The molecule has 0 aromatic heterocycles. The molecule has 0 saturated heterocycles. The van der Waals surface area contributed by atoms with Crippen molar-refractivity contribution in [3.63, 3.8) is 0 Å². The molecule has 0 fully saturated rings. The molecule has 0 aliphatic carbocycles. The van der Waals surface area contributed by atoms with Gasteiger partial charge >= 0.3 is 0 Å². The third-order valence-electron chi connectivity index (χ3n) is 3.68. The van der Waals surface area contributed by atoms with Crippen LogP contribution in [0.1, 0.15) is 84.0 Å². The Bertz CT molecular complexity index is 169. The molecule has 1 nitrogen and oxygen atoms in total. The van der Waals surface area contributed by atoms with E-state index in [1.807, 2.05) is 0 Å². The van der Waals surface area contributed by atoms with Gasteiger partial charge in [0.25, 0.3) is 0 Å². The van der Waals surface area contributed by atoms with Crippen LogP contribution in [0, 0.1) is 0 Å². The molecular weight excluding hydrogens is 285 g/mol. The molecule has 0 aliphatic heterocycles. The number of unbranched alkanes of at least 4 members (excludes halogenated alkanes) is 11. The highest BCUT2D eigenvalue weighted by atomic mass is 35.5. The van der Waals surface area contributed by atoms with Crippen LogP contribution in [-0.2, 0) is 0 Å². The van der Waals surface area contributed by atoms with Crippen LogP contribution in [-0.4, -0.2) is 32.2 Å². The summed E-state index contributed by atoms with van der Waals surface area (Å²) in [6, 6.07) is 0. The van der Waals surface area contributed by atoms with Crippen LogP contribution in [0.5, 0.6) is 0 Å². The monoisotopic (exact) mass is 325 g/mol. The second-order valence-electron chi connectivity index (χ2n) is 6.90. The highest BCUT2D eigenvalue weighted by Gasteiger charge is 2.04. The zero-order valence-electron chi connectivity index (χ0n) is 14.7. The first-order valence-electron chi connectivity index (χ1n) is 8.36. The zero-order chi connectivity index (χ0) is 13.7. The molecule has 0 amide bonds. The minimum Gasteiger partial charge on any atom is -1.00 e. The third-order valence-corrected chi connectivity index (χ3v) is 3.68. The average molecular weight is 326 g/mol. The van der Waals surface area contributed by atoms with Gasteiger partial charge in [-0.05, 0) is 12.8 Å². The van der Waals surface area contributed by atoms with Crippen LogP contribution < -0.4 is 12.4 Å². The van der Waals surface area contributed by atoms with E-state index in [-0.39, 0.29) is 22.3 Å². The minimum atomic E-state index is 0. The summed E-state index contributed by atoms with van der Waals surface area (Å²) in [6.45, 7) is 3.62. The number of hydrogen-bond donors (Lipinski definition) is 0. The Hall–Kier alpha value is 0.680. The van der Waals surface area contributed by atoms with Crippen molar-refractivity contribution in [2.75, 3.05) is 27.7 Å². The van der Waals surface area contributed by atoms with Crippen LogP contribution in [0.4, 0.5) is 0 Å². The van der Waals surface area contributed by atoms with Gasteiger partial charge in [-0.15, -0.1) is 0 Å². The molecule has 126 valence electrons. The topological polar surface area (TPSA) is 0 Å². The first-order chi connectivity index (χ1) is 8.56. The summed E-state index contributed by atoms with van der Waals surface area (Å²) in [5, 5.41) is 0. The fourth-order valence-electron chi connectivity index (χ4n) is 2.43. The zero-order valence-corrected chi connectivity index (χ0v) is 16.9. The maximum Gasteiger partial charge on any atom is 0.0780 e. The Morgan fingerprint density at radius 1 is 0.550 bits per heavy atom. The van der Waals surface area contributed by atoms with Gasteiger partial charge in [-0.2, -0.15) is 9.90 Å². The lowest BCUT2D eigenvalue weighted by atomic mass is 10.1. The van der Waals surface area contributed by atoms with E-state index in [0.717, 1.165) is 4.48 Å². The van der Waals surface area contributed by atoms with Gasteiger partial charge in [0.2, 0.25) is 0 Å². The van der Waals surface area contributed by atoms with Crippen molar-refractivity contribution in [2.24, 2.45) is 0 Å². The molecule has 20 heavy (non-hydrogen) atoms. The fraction of sp³-hybridized carbons (Fsp3) is 1.00. The number of rotatable bonds is 13. The van der Waals surface area contributed by atoms with Crippen molar-refractivity contribution >= 4 is 9.90 Å². The fourth-order valence-corrected chi connectivity index (χ4v) is 2.43. The van der Waals surface area contributed by atoms with Crippen LogP contribution in [0.15, 0.2) is 0 Å². The van der Waals surface area contributed by atoms with Gasteiger partial charge < -0.3 is 16.9 Å². The van der Waals surface area contributed by atoms with E-state index < -0.39 is 0 Å². The van der Waals surface area contributed by atoms with E-state index in [4.69, 9.17) is 0 Å². The molecule has 0 N–H and O–H groups in total. The van der Waals surface area contributed by atoms with Crippen molar-refractivity contribution < 1.29 is 16.9 Å². The Morgan fingerprint density at radius 3 is 1.15 bits per heavy atom. The molecule has 0 radical (unpaired) electrons. The molecule has 0 saturated carbocycles. The van der Waals surface area contributed by atoms with Crippen LogP contribution >= 0.6 is 9.90 Å². The molecule has 0 rings (SSSR count). The predicted octanol–water partition coefficient (Wildman–Crippen LogP) is 2.46. The van der Waals surface area contributed by atoms with E-state index in [0.29, 0.717) is 0 Å². The summed E-state index contributed by atoms with van der Waals surface area (Å²) in [4.78, 5) is 0. The number of quaternary nitrogens is 1. The van der Waals surface area contributed by atoms with Gasteiger partial charge in [-0.25, -0.2) is 0 Å². The molecule has 1 atom stereocenters. The summed E-state index contributed by atoms with van der Waals surface area (Å²) < 4.78 is 1.12. The van der Waals surface area contributed by atoms with Gasteiger partial charge in [-0.3, -0.25) is 0 Å². The van der Waals surface area contributed by atoms with Gasteiger partial charge in [0.15, 0.2) is 0 Å². The molecule has 0 heterocycles. The maximum atomic E-state index is 2.29. The van der Waals surface area contributed by atoms with Crippen LogP contribution in [0.3, 0.4) is 0 Å². The minimum absolute atomic E-state index is 0. The lowest BCUT2D eigenvalue weighted by Crippen LogP contribution is -3.00. The van der Waals surface area contributed by atoms with Crippen LogP contribution in [0.25, 0.3) is 0 Å². The molecule has 3 heteroatoms. The van der Waals surface area contributed by atoms with Gasteiger partial charge in [0.05, 0.1) is 27.7 Å². The summed E-state index contributed by atoms with van der Waals surface area (Å²) in [7, 11) is 6.87. The van der Waals surface area contributed by atoms with Crippen molar-refractivity contribution in [1.29, 1.82) is 0 Å². The normalized spacial score (nSPS) is 10.8. The molecule has 0 spiro atoms. The molecule has 1 unspecified atom stereocenters. The quantitative estimate of drug-likeness (QED) is 0.277. The predicted molar refractivity (Wildman–Crippen MR) is 95.1 cm³/mol. The Labute approximate surface area is 138 Å². The summed E-state index contributed by atoms with van der Waals surface area (Å²) >= 11 is 0. The van der Waals surface area contributed by atoms with E-state index >= 15 is 0 Å². The second kappa shape index (κ2) is 17.7. The molecule has 0 aromatic rings. The van der Waals surface area contributed by atoms with Crippen molar-refractivity contribution in [3.05, 3.63) is 0 Å². The van der Waals surface area contributed by atoms with Gasteiger partial charge in [0.1, 0.15) is 0 Å². The molecular formula is C17H41ClNP. The Balaban J connectivity index is -0.00000144. The SMILES string of the molecule is CCCCCCCCCCCCCC[N+](C)(C)C.P.[Cl-]. The Morgan fingerprint density at radius 2 is 0.850 bits per heavy atom. The van der Waals surface area contributed by atoms with E-state index in [1.165, 1.54) is 83.6 Å². The largest absolute Gasteiger partial charge is 1.00 e. The molecule has 0 aliphatic rings. The number of nitrogens with zero attached hydrogens (tertiary/aromatic N) is 1. The van der Waals surface area contributed by atoms with Crippen molar-refractivity contribution in [1.82, 2.24) is 0 Å². The lowest BCUT2D eigenvalue weighted by molar-refractivity contribution is -0.870. The van der Waals surface area contributed by atoms with Gasteiger partial charge in [-0.1, -0.05) is 71.1 Å². The summed E-state index contributed by atoms with van der Waals surface area (Å²) in [6.07, 6.45) is 17.4. The number of halogens is 1. The average Bonchev–Trinajstić information content (AvgIpc) is 2.29. The first kappa shape index (κ1) is 25.6. The first-order valence-corrected chi connectivity index (χ1v) is 8.36. The van der Waals surface area contributed by atoms with Crippen LogP contribution in [0.2, 0.25) is 0 Å². The van der Waals surface area contributed by atoms with E-state index in [2.05, 4.69) is 28.1 Å². The third kappa shape index (κ3) is 23.7. The summed E-state index contributed by atoms with van der Waals surface area (Å²) in [5.41, 5.74) is 0. The van der Waals surface area contributed by atoms with E-state index in [1.54, 1.807) is 0 Å². The summed E-state index contributed by atoms with van der Waals surface area (Å²) in [5.74, 6) is 0. The number of hydrogen-bond acceptors (Lipinski definition) is 0. The second-order valence-corrected chi connectivity index (χ2v) is 6.90. The molecule has 0 aromatic carbocycles. The molecule has 0 bridgehead atoms.